The molecule has 7 atom stereocenters. The van der Waals surface area contributed by atoms with E-state index in [-0.39, 0.29) is 25.4 Å². The number of imide groups is 1. The van der Waals surface area contributed by atoms with E-state index in [0.29, 0.717) is 39.3 Å². The SMILES string of the molecule is C=CCNC(=O)[C@H]1[C@@H]2C(=O)O[C@@H](c3ccccc3)[C@@H](c3ccccc3)N2[C@@H](c2ccc(OCCO)cc2)[C@]12C(=O)N(C(=O)N[C@H](C)c1ccccc1)c1ccc(C#Cc3ccc(OC)cc3)cc12. The molecule has 0 unspecified atom stereocenters. The Bertz CT molecular complexity index is 2880. The van der Waals surface area contributed by atoms with Gasteiger partial charge in [0.15, 0.2) is 0 Å². The van der Waals surface area contributed by atoms with Crippen LogP contribution in [0.5, 0.6) is 11.5 Å². The molecule has 0 aromatic heterocycles. The number of aliphatic hydroxyl groups is 1. The van der Waals surface area contributed by atoms with Gasteiger partial charge in [-0.1, -0.05) is 121 Å². The molecule has 2 fully saturated rings. The third-order valence-electron chi connectivity index (χ3n) is 13.0. The Morgan fingerprint density at radius 3 is 2.06 bits per heavy atom. The first-order valence-corrected chi connectivity index (χ1v) is 22.5. The number of nitrogens with zero attached hydrogens (tertiary/aromatic N) is 2. The van der Waals surface area contributed by atoms with Crippen molar-refractivity contribution in [3.8, 4) is 23.3 Å². The third kappa shape index (κ3) is 8.16. The average molecular weight is 907 g/mol. The van der Waals surface area contributed by atoms with Gasteiger partial charge in [0.05, 0.1) is 43.4 Å². The van der Waals surface area contributed by atoms with E-state index < -0.39 is 65.4 Å². The van der Waals surface area contributed by atoms with Gasteiger partial charge >= 0.3 is 12.0 Å². The van der Waals surface area contributed by atoms with Crippen molar-refractivity contribution in [1.82, 2.24) is 15.5 Å². The number of carbonyl (C=O) groups excluding carboxylic acids is 4. The molecule has 0 aliphatic carbocycles. The molecule has 68 heavy (non-hydrogen) atoms. The molecule has 12 heteroatoms. The van der Waals surface area contributed by atoms with Gasteiger partial charge in [0, 0.05) is 17.7 Å². The maximum absolute atomic E-state index is 16.5. The van der Waals surface area contributed by atoms with E-state index in [1.165, 1.54) is 6.08 Å². The lowest BCUT2D eigenvalue weighted by atomic mass is 9.65. The first-order valence-electron chi connectivity index (χ1n) is 22.5. The molecule has 3 aliphatic rings. The van der Waals surface area contributed by atoms with Crippen molar-refractivity contribution in [2.24, 2.45) is 5.92 Å². The number of amides is 4. The van der Waals surface area contributed by atoms with Gasteiger partial charge in [0.25, 0.3) is 0 Å². The summed E-state index contributed by atoms with van der Waals surface area (Å²) in [5.41, 5.74) is 2.63. The molecule has 0 radical (unpaired) electrons. The minimum Gasteiger partial charge on any atom is -0.497 e. The Labute approximate surface area is 395 Å². The van der Waals surface area contributed by atoms with Crippen molar-refractivity contribution in [3.05, 3.63) is 209 Å². The van der Waals surface area contributed by atoms with Crippen LogP contribution < -0.4 is 25.0 Å². The van der Waals surface area contributed by atoms with Crippen LogP contribution in [0.15, 0.2) is 170 Å². The number of hydrogen-bond acceptors (Lipinski definition) is 9. The van der Waals surface area contributed by atoms with Crippen molar-refractivity contribution in [2.75, 3.05) is 31.8 Å². The molecule has 1 spiro atoms. The minimum atomic E-state index is -1.98. The normalized spacial score (nSPS) is 21.9. The second-order valence-electron chi connectivity index (χ2n) is 16.9. The van der Waals surface area contributed by atoms with E-state index in [4.69, 9.17) is 14.2 Å². The van der Waals surface area contributed by atoms with Crippen LogP contribution in [0, 0.1) is 17.8 Å². The van der Waals surface area contributed by atoms with Gasteiger partial charge in [0.1, 0.15) is 35.7 Å². The molecule has 6 aromatic carbocycles. The number of benzene rings is 6. The van der Waals surface area contributed by atoms with Crippen molar-refractivity contribution in [1.29, 1.82) is 0 Å². The van der Waals surface area contributed by atoms with E-state index in [2.05, 4.69) is 29.1 Å². The highest BCUT2D eigenvalue weighted by Gasteiger charge is 2.75. The Balaban J connectivity index is 1.33. The van der Waals surface area contributed by atoms with Gasteiger partial charge in [-0.2, -0.15) is 0 Å². The summed E-state index contributed by atoms with van der Waals surface area (Å²) in [7, 11) is 1.59. The van der Waals surface area contributed by atoms with Crippen molar-refractivity contribution in [2.45, 2.75) is 42.6 Å². The molecule has 6 aromatic rings. The molecule has 3 aliphatic heterocycles. The first kappa shape index (κ1) is 45.2. The summed E-state index contributed by atoms with van der Waals surface area (Å²) >= 11 is 0. The molecular formula is C56H50N4O8. The second kappa shape index (κ2) is 19.5. The Morgan fingerprint density at radius 1 is 0.794 bits per heavy atom. The van der Waals surface area contributed by atoms with E-state index in [9.17, 15) is 5.11 Å². The number of rotatable bonds is 12. The maximum atomic E-state index is 16.5. The van der Waals surface area contributed by atoms with Crippen LogP contribution in [0.3, 0.4) is 0 Å². The number of hydrogen-bond donors (Lipinski definition) is 3. The molecule has 9 rings (SSSR count). The largest absolute Gasteiger partial charge is 0.497 e. The third-order valence-corrected chi connectivity index (χ3v) is 13.0. The lowest BCUT2D eigenvalue weighted by molar-refractivity contribution is -0.178. The zero-order valence-electron chi connectivity index (χ0n) is 37.6. The number of anilines is 1. The number of esters is 1. The van der Waals surface area contributed by atoms with Crippen molar-refractivity contribution >= 4 is 29.5 Å². The summed E-state index contributed by atoms with van der Waals surface area (Å²) < 4.78 is 17.7. The molecule has 0 bridgehead atoms. The fraction of sp³-hybridized carbons (Fsp3) is 0.214. The number of fused-ring (bicyclic) bond motifs is 3. The molecular weight excluding hydrogens is 857 g/mol. The predicted molar refractivity (Wildman–Crippen MR) is 257 cm³/mol. The number of cyclic esters (lactones) is 1. The molecule has 3 heterocycles. The highest BCUT2D eigenvalue weighted by molar-refractivity contribution is 6.24. The number of aliphatic hydroxyl groups excluding tert-OH is 1. The van der Waals surface area contributed by atoms with Gasteiger partial charge in [-0.15, -0.1) is 6.58 Å². The number of urea groups is 1. The fourth-order valence-electron chi connectivity index (χ4n) is 10.1. The minimum absolute atomic E-state index is 0.0245. The van der Waals surface area contributed by atoms with Crippen LogP contribution >= 0.6 is 0 Å². The van der Waals surface area contributed by atoms with Gasteiger partial charge in [-0.05, 0) is 89.3 Å². The molecule has 2 saturated heterocycles. The topological polar surface area (TPSA) is 147 Å². The van der Waals surface area contributed by atoms with Crippen LogP contribution in [-0.2, 0) is 24.5 Å². The summed E-state index contributed by atoms with van der Waals surface area (Å²) in [5.74, 6) is 4.11. The summed E-state index contributed by atoms with van der Waals surface area (Å²) in [6.07, 6.45) is 0.632. The number of nitrogens with one attached hydrogen (secondary N) is 2. The molecule has 342 valence electrons. The summed E-state index contributed by atoms with van der Waals surface area (Å²) in [6.45, 7) is 5.54. The van der Waals surface area contributed by atoms with Gasteiger partial charge in [-0.3, -0.25) is 19.3 Å². The Hall–Kier alpha value is -7.98. The number of morpholine rings is 1. The Kier molecular flexibility index (Phi) is 12.9. The number of carbonyl (C=O) groups is 4. The van der Waals surface area contributed by atoms with E-state index in [1.54, 1.807) is 49.6 Å². The molecule has 0 saturated carbocycles. The van der Waals surface area contributed by atoms with Crippen LogP contribution in [0.1, 0.15) is 70.1 Å². The zero-order chi connectivity index (χ0) is 47.4. The fourth-order valence-corrected chi connectivity index (χ4v) is 10.1. The lowest BCUT2D eigenvalue weighted by Crippen LogP contribution is -2.56. The quantitative estimate of drug-likeness (QED) is 0.0634. The molecule has 12 nitrogen and oxygen atoms in total. The smallest absolute Gasteiger partial charge is 0.329 e. The summed E-state index contributed by atoms with van der Waals surface area (Å²) in [6, 6.07) is 43.5. The standard InChI is InChI=1S/C56H50N4O8/c1-4-32-57-52(62)47-49-53(63)68-50(41-18-12-7-13-19-41)48(40-16-10-6-11-17-40)60(49)51(42-25-29-44(30-26-42)67-34-33-61)56(47)45-35-38(21-20-37-22-27-43(66-3)28-23-37)24-31-46(45)59(54(56)64)55(65)58-36(2)39-14-8-5-9-15-39/h4-19,22-31,35-36,47-51,61H,1,32-34H2,2-3H3,(H,57,62)(H,58,65)/t36-,47-,48-,49-,50+,51+,56-/m1/s1. The lowest BCUT2D eigenvalue weighted by Gasteiger charge is -2.46. The summed E-state index contributed by atoms with van der Waals surface area (Å²) in [5, 5.41) is 15.6. The zero-order valence-corrected chi connectivity index (χ0v) is 37.6. The number of ether oxygens (including phenoxy) is 3. The number of methoxy groups -OCH3 is 1. The van der Waals surface area contributed by atoms with E-state index >= 15 is 19.2 Å². The molecule has 3 N–H and O–H groups in total. The highest BCUT2D eigenvalue weighted by Crippen LogP contribution is 2.66. The van der Waals surface area contributed by atoms with Gasteiger partial charge < -0.3 is 30.0 Å². The van der Waals surface area contributed by atoms with Crippen LogP contribution in [0.4, 0.5) is 10.5 Å². The van der Waals surface area contributed by atoms with Crippen molar-refractivity contribution < 1.29 is 38.5 Å². The highest BCUT2D eigenvalue weighted by atomic mass is 16.6. The predicted octanol–water partition coefficient (Wildman–Crippen LogP) is 7.90. The first-order chi connectivity index (χ1) is 33.2. The monoisotopic (exact) mass is 906 g/mol. The maximum Gasteiger partial charge on any atom is 0.329 e. The van der Waals surface area contributed by atoms with Crippen molar-refractivity contribution in [3.63, 3.8) is 0 Å². The van der Waals surface area contributed by atoms with Crippen LogP contribution in [-0.4, -0.2) is 66.7 Å². The van der Waals surface area contributed by atoms with Gasteiger partial charge in [0.2, 0.25) is 11.8 Å². The summed E-state index contributed by atoms with van der Waals surface area (Å²) in [4.78, 5) is 65.3. The van der Waals surface area contributed by atoms with E-state index in [1.807, 2.05) is 127 Å². The second-order valence-corrected chi connectivity index (χ2v) is 16.9. The average Bonchev–Trinajstić information content (AvgIpc) is 3.84. The van der Waals surface area contributed by atoms with E-state index in [0.717, 1.165) is 16.0 Å². The Morgan fingerprint density at radius 2 is 1.41 bits per heavy atom. The van der Waals surface area contributed by atoms with Gasteiger partial charge in [-0.25, -0.2) is 9.69 Å². The van der Waals surface area contributed by atoms with Crippen LogP contribution in [0.25, 0.3) is 0 Å². The van der Waals surface area contributed by atoms with Crippen LogP contribution in [0.2, 0.25) is 0 Å². The molecule has 4 amide bonds.